The summed E-state index contributed by atoms with van der Waals surface area (Å²) in [6.45, 7) is 1.30. The van der Waals surface area contributed by atoms with E-state index in [4.69, 9.17) is 16.3 Å². The zero-order valence-corrected chi connectivity index (χ0v) is 21.8. The van der Waals surface area contributed by atoms with Crippen LogP contribution in [0.4, 0.5) is 5.69 Å². The molecule has 0 heterocycles. The van der Waals surface area contributed by atoms with Crippen LogP contribution < -0.4 is 14.4 Å². The van der Waals surface area contributed by atoms with Gasteiger partial charge in [-0.25, -0.2) is 8.42 Å². The molecule has 8 nitrogen and oxygen atoms in total. The number of hydrogen-bond donors (Lipinski definition) is 1. The molecule has 35 heavy (non-hydrogen) atoms. The third-order valence-electron chi connectivity index (χ3n) is 6.13. The number of methoxy groups -OCH3 is 1. The van der Waals surface area contributed by atoms with Crippen LogP contribution in [0.15, 0.2) is 48.5 Å². The highest BCUT2D eigenvalue weighted by molar-refractivity contribution is 7.92. The van der Waals surface area contributed by atoms with Crippen molar-refractivity contribution >= 4 is 39.1 Å². The van der Waals surface area contributed by atoms with Crippen molar-refractivity contribution in [2.75, 3.05) is 24.2 Å². The minimum Gasteiger partial charge on any atom is -0.497 e. The second kappa shape index (κ2) is 11.8. The van der Waals surface area contributed by atoms with Crippen LogP contribution in [0.2, 0.25) is 5.02 Å². The van der Waals surface area contributed by atoms with Gasteiger partial charge in [-0.2, -0.15) is 0 Å². The molecule has 10 heteroatoms. The molecule has 2 aromatic carbocycles. The standard InChI is InChI=1S/C25H32ClN3O5S/c1-18(25(31)27-21-10-4-5-11-21)28(16-19-8-6-9-20(26)14-19)24(30)17-29(35(3,32)33)22-12-7-13-23(15-22)34-2/h6-9,12-15,18,21H,4-5,10-11,16-17H2,1-3H3,(H,27,31)/t18-/m0/s1. The molecule has 0 unspecified atom stereocenters. The average Bonchev–Trinajstić information content (AvgIpc) is 3.32. The topological polar surface area (TPSA) is 96.0 Å². The third kappa shape index (κ3) is 7.35. The lowest BCUT2D eigenvalue weighted by atomic mass is 10.1. The van der Waals surface area contributed by atoms with Gasteiger partial charge in [0.15, 0.2) is 0 Å². The molecular formula is C25H32ClN3O5S. The van der Waals surface area contributed by atoms with Crippen molar-refractivity contribution in [1.29, 1.82) is 0 Å². The molecule has 0 radical (unpaired) electrons. The van der Waals surface area contributed by atoms with Gasteiger partial charge in [0, 0.05) is 23.7 Å². The summed E-state index contributed by atoms with van der Waals surface area (Å²) in [6, 6.07) is 12.8. The molecule has 1 saturated carbocycles. The SMILES string of the molecule is COc1cccc(N(CC(=O)N(Cc2cccc(Cl)c2)[C@@H](C)C(=O)NC2CCCC2)S(C)(=O)=O)c1. The summed E-state index contributed by atoms with van der Waals surface area (Å²) in [5.41, 5.74) is 1.03. The second-order valence-corrected chi connectivity index (χ2v) is 11.1. The van der Waals surface area contributed by atoms with Crippen LogP contribution in [-0.4, -0.2) is 57.1 Å². The van der Waals surface area contributed by atoms with Gasteiger partial charge in [0.05, 0.1) is 19.1 Å². The van der Waals surface area contributed by atoms with Gasteiger partial charge in [-0.15, -0.1) is 0 Å². The Labute approximate surface area is 212 Å². The second-order valence-electron chi connectivity index (χ2n) is 8.79. The molecule has 2 amide bonds. The Hall–Kier alpha value is -2.78. The molecular weight excluding hydrogens is 490 g/mol. The predicted molar refractivity (Wildman–Crippen MR) is 137 cm³/mol. The number of rotatable bonds is 10. The van der Waals surface area contributed by atoms with Gasteiger partial charge in [0.1, 0.15) is 18.3 Å². The van der Waals surface area contributed by atoms with E-state index in [-0.39, 0.29) is 18.5 Å². The number of ether oxygens (including phenoxy) is 1. The summed E-state index contributed by atoms with van der Waals surface area (Å²) in [7, 11) is -2.33. The van der Waals surface area contributed by atoms with Gasteiger partial charge < -0.3 is 15.0 Å². The first-order valence-electron chi connectivity index (χ1n) is 11.5. The highest BCUT2D eigenvalue weighted by Gasteiger charge is 2.31. The van der Waals surface area contributed by atoms with Crippen LogP contribution in [0.25, 0.3) is 0 Å². The molecule has 0 spiro atoms. The molecule has 2 aromatic rings. The van der Waals surface area contributed by atoms with E-state index in [2.05, 4.69) is 5.32 Å². The quantitative estimate of drug-likeness (QED) is 0.515. The largest absolute Gasteiger partial charge is 0.497 e. The predicted octanol–water partition coefficient (Wildman–Crippen LogP) is 3.59. The Morgan fingerprint density at radius 3 is 2.46 bits per heavy atom. The van der Waals surface area contributed by atoms with Crippen LogP contribution in [0.5, 0.6) is 5.75 Å². The van der Waals surface area contributed by atoms with Crippen LogP contribution in [0.3, 0.4) is 0 Å². The van der Waals surface area contributed by atoms with E-state index in [0.717, 1.165) is 41.8 Å². The van der Waals surface area contributed by atoms with E-state index in [1.165, 1.54) is 12.0 Å². The average molecular weight is 522 g/mol. The Kier molecular flexibility index (Phi) is 9.02. The minimum absolute atomic E-state index is 0.0948. The number of sulfonamides is 1. The highest BCUT2D eigenvalue weighted by Crippen LogP contribution is 2.24. The van der Waals surface area contributed by atoms with Gasteiger partial charge in [0.25, 0.3) is 0 Å². The monoisotopic (exact) mass is 521 g/mol. The lowest BCUT2D eigenvalue weighted by Gasteiger charge is -2.32. The van der Waals surface area contributed by atoms with Crippen molar-refractivity contribution in [3.05, 3.63) is 59.1 Å². The van der Waals surface area contributed by atoms with E-state index in [0.29, 0.717) is 16.5 Å². The fourth-order valence-corrected chi connectivity index (χ4v) is 5.24. The van der Waals surface area contributed by atoms with Crippen LogP contribution in [0.1, 0.15) is 38.2 Å². The number of amides is 2. The van der Waals surface area contributed by atoms with Crippen molar-refractivity contribution in [3.63, 3.8) is 0 Å². The van der Waals surface area contributed by atoms with Crippen LogP contribution in [-0.2, 0) is 26.2 Å². The van der Waals surface area contributed by atoms with Crippen LogP contribution >= 0.6 is 11.6 Å². The maximum Gasteiger partial charge on any atom is 0.244 e. The number of anilines is 1. The first kappa shape index (κ1) is 26.8. The summed E-state index contributed by atoms with van der Waals surface area (Å²) in [6.07, 6.45) is 5.00. The molecule has 1 atom stereocenters. The van der Waals surface area contributed by atoms with Gasteiger partial charge in [-0.05, 0) is 49.6 Å². The van der Waals surface area contributed by atoms with Gasteiger partial charge in [-0.1, -0.05) is 42.6 Å². The van der Waals surface area contributed by atoms with E-state index >= 15 is 0 Å². The van der Waals surface area contributed by atoms with E-state index < -0.39 is 28.5 Å². The number of carbonyl (C=O) groups is 2. The third-order valence-corrected chi connectivity index (χ3v) is 7.51. The first-order chi connectivity index (χ1) is 16.6. The number of nitrogens with zero attached hydrogens (tertiary/aromatic N) is 2. The summed E-state index contributed by atoms with van der Waals surface area (Å²) in [5.74, 6) is -0.310. The molecule has 1 aliphatic rings. The summed E-state index contributed by atoms with van der Waals surface area (Å²) in [4.78, 5) is 28.0. The zero-order chi connectivity index (χ0) is 25.6. The molecule has 1 N–H and O–H groups in total. The number of hydrogen-bond acceptors (Lipinski definition) is 5. The van der Waals surface area contributed by atoms with Crippen molar-refractivity contribution in [3.8, 4) is 5.75 Å². The van der Waals surface area contributed by atoms with Gasteiger partial charge in [-0.3, -0.25) is 13.9 Å². The molecule has 0 saturated heterocycles. The number of nitrogens with one attached hydrogen (secondary N) is 1. The van der Waals surface area contributed by atoms with Crippen LogP contribution in [0, 0.1) is 0 Å². The first-order valence-corrected chi connectivity index (χ1v) is 13.8. The maximum atomic E-state index is 13.6. The summed E-state index contributed by atoms with van der Waals surface area (Å²) in [5, 5.41) is 3.54. The lowest BCUT2D eigenvalue weighted by molar-refractivity contribution is -0.139. The molecule has 1 aliphatic carbocycles. The summed E-state index contributed by atoms with van der Waals surface area (Å²) < 4.78 is 31.5. The Morgan fingerprint density at radius 2 is 1.83 bits per heavy atom. The van der Waals surface area contributed by atoms with Gasteiger partial charge in [0.2, 0.25) is 21.8 Å². The lowest BCUT2D eigenvalue weighted by Crippen LogP contribution is -2.52. The zero-order valence-electron chi connectivity index (χ0n) is 20.2. The van der Waals surface area contributed by atoms with E-state index in [1.54, 1.807) is 49.4 Å². The van der Waals surface area contributed by atoms with E-state index in [1.807, 2.05) is 6.07 Å². The Bertz CT molecular complexity index is 1150. The Morgan fingerprint density at radius 1 is 1.14 bits per heavy atom. The molecule has 190 valence electrons. The molecule has 0 aliphatic heterocycles. The Balaban J connectivity index is 1.89. The minimum atomic E-state index is -3.81. The van der Waals surface area contributed by atoms with Crippen molar-refractivity contribution < 1.29 is 22.7 Å². The molecule has 3 rings (SSSR count). The number of halogens is 1. The molecule has 1 fully saturated rings. The fraction of sp³-hybridized carbons (Fsp3) is 0.440. The van der Waals surface area contributed by atoms with Crippen molar-refractivity contribution in [1.82, 2.24) is 10.2 Å². The molecule has 0 aromatic heterocycles. The smallest absolute Gasteiger partial charge is 0.244 e. The number of carbonyl (C=O) groups excluding carboxylic acids is 2. The van der Waals surface area contributed by atoms with E-state index in [9.17, 15) is 18.0 Å². The highest BCUT2D eigenvalue weighted by atomic mass is 35.5. The fourth-order valence-electron chi connectivity index (χ4n) is 4.19. The summed E-state index contributed by atoms with van der Waals surface area (Å²) >= 11 is 6.13. The molecule has 0 bridgehead atoms. The van der Waals surface area contributed by atoms with Gasteiger partial charge >= 0.3 is 0 Å². The van der Waals surface area contributed by atoms with Crippen molar-refractivity contribution in [2.45, 2.75) is 51.2 Å². The number of benzene rings is 2. The maximum absolute atomic E-state index is 13.6. The normalized spacial score (nSPS) is 14.9. The van der Waals surface area contributed by atoms with Crippen molar-refractivity contribution in [2.24, 2.45) is 0 Å².